The predicted molar refractivity (Wildman–Crippen MR) is 157 cm³/mol. The van der Waals surface area contributed by atoms with E-state index in [1.54, 1.807) is 48.5 Å². The second-order valence-corrected chi connectivity index (χ2v) is 9.45. The van der Waals surface area contributed by atoms with Gasteiger partial charge in [-0.1, -0.05) is 52.0 Å². The van der Waals surface area contributed by atoms with Crippen molar-refractivity contribution in [3.05, 3.63) is 71.8 Å². The number of rotatable bonds is 16. The number of aliphatic hydroxyl groups excluding tert-OH is 2. The molecule has 2 atom stereocenters. The van der Waals surface area contributed by atoms with Crippen LogP contribution >= 0.6 is 0 Å². The van der Waals surface area contributed by atoms with Crippen LogP contribution in [0.15, 0.2) is 60.7 Å². The van der Waals surface area contributed by atoms with E-state index >= 15 is 0 Å². The van der Waals surface area contributed by atoms with Gasteiger partial charge in [0.2, 0.25) is 0 Å². The summed E-state index contributed by atoms with van der Waals surface area (Å²) in [6.07, 6.45) is 1.53. The second-order valence-electron chi connectivity index (χ2n) is 9.45. The van der Waals surface area contributed by atoms with Crippen LogP contribution in [0, 0.1) is 0 Å². The van der Waals surface area contributed by atoms with Crippen molar-refractivity contribution in [3.63, 3.8) is 0 Å². The molecule has 0 saturated heterocycles. The number of hydrogen-bond acceptors (Lipinski definition) is 10. The number of carboxylic acid groups (broad SMARTS) is 2. The van der Waals surface area contributed by atoms with Crippen LogP contribution in [-0.2, 0) is 9.59 Å². The lowest BCUT2D eigenvalue weighted by Crippen LogP contribution is -2.35. The number of nitrogens with one attached hydrogen (secondary N) is 2. The van der Waals surface area contributed by atoms with Gasteiger partial charge in [-0.25, -0.2) is 9.59 Å². The minimum absolute atomic E-state index is 0.210. The van der Waals surface area contributed by atoms with Crippen LogP contribution in [0.4, 0.5) is 0 Å². The maximum Gasteiger partial charge on any atom is 0.328 e. The highest BCUT2D eigenvalue weighted by molar-refractivity contribution is 5.89. The van der Waals surface area contributed by atoms with Crippen molar-refractivity contribution in [1.82, 2.24) is 10.6 Å². The summed E-state index contributed by atoms with van der Waals surface area (Å²) >= 11 is 0. The molecule has 0 saturated carbocycles. The summed E-state index contributed by atoms with van der Waals surface area (Å²) in [6, 6.07) is 14.4. The molecule has 0 aromatic heterocycles. The lowest BCUT2D eigenvalue weighted by molar-refractivity contribution is -0.134. The third-order valence-corrected chi connectivity index (χ3v) is 4.77. The van der Waals surface area contributed by atoms with Gasteiger partial charge in [0.25, 0.3) is 0 Å². The monoisotopic (exact) mass is 590 g/mol. The first-order valence-electron chi connectivity index (χ1n) is 13.2. The summed E-state index contributed by atoms with van der Waals surface area (Å²) in [5.41, 5.74) is 1.13. The Morgan fingerprint density at radius 2 is 1.07 bits per heavy atom. The second kappa shape index (κ2) is 22.6. The average Bonchev–Trinajstić information content (AvgIpc) is 2.96. The van der Waals surface area contributed by atoms with Gasteiger partial charge < -0.3 is 40.5 Å². The van der Waals surface area contributed by atoms with Gasteiger partial charge in [0, 0.05) is 48.5 Å². The standard InChI is InChI=1S/2C13H19NO3.C4H4O4/c2*1-10(2)14-7-12(16)9-17-13-5-3-4-11(6-13)8-15;5-3(6)1-2-4(7)8/h2*3-6,8,10,12,14,16H,7,9H2,1-2H3;1-2H,(H,5,6)(H,7,8)/b;;2-1+. The molecule has 2 aromatic rings. The summed E-state index contributed by atoms with van der Waals surface area (Å²) < 4.78 is 10.8. The molecule has 0 spiro atoms. The Kier molecular flexibility index (Phi) is 20.4. The summed E-state index contributed by atoms with van der Waals surface area (Å²) in [6.45, 7) is 9.46. The molecule has 2 unspecified atom stereocenters. The summed E-state index contributed by atoms with van der Waals surface area (Å²) in [4.78, 5) is 40.2. The van der Waals surface area contributed by atoms with Gasteiger partial charge in [-0.15, -0.1) is 0 Å². The van der Waals surface area contributed by atoms with Crippen molar-refractivity contribution in [2.45, 2.75) is 52.0 Å². The molecule has 0 aliphatic heterocycles. The van der Waals surface area contributed by atoms with Gasteiger partial charge in [-0.05, 0) is 24.3 Å². The van der Waals surface area contributed by atoms with Gasteiger partial charge in [-0.2, -0.15) is 0 Å². The maximum absolute atomic E-state index is 10.6. The lowest BCUT2D eigenvalue weighted by atomic mass is 10.2. The predicted octanol–water partition coefficient (Wildman–Crippen LogP) is 2.19. The van der Waals surface area contributed by atoms with E-state index in [4.69, 9.17) is 19.7 Å². The quantitative estimate of drug-likeness (QED) is 0.124. The molecule has 2 rings (SSSR count). The largest absolute Gasteiger partial charge is 0.491 e. The number of aliphatic hydroxyl groups is 2. The van der Waals surface area contributed by atoms with Crippen LogP contribution in [0.1, 0.15) is 48.4 Å². The zero-order valence-corrected chi connectivity index (χ0v) is 24.3. The number of aldehydes is 2. The van der Waals surface area contributed by atoms with Crippen LogP contribution in [0.25, 0.3) is 0 Å². The molecular weight excluding hydrogens is 548 g/mol. The van der Waals surface area contributed by atoms with E-state index in [9.17, 15) is 29.4 Å². The average molecular weight is 591 g/mol. The van der Waals surface area contributed by atoms with Crippen LogP contribution < -0.4 is 20.1 Å². The van der Waals surface area contributed by atoms with Gasteiger partial charge in [0.05, 0.1) is 0 Å². The Hall–Kier alpha value is -4.10. The van der Waals surface area contributed by atoms with Crippen LogP contribution in [0.3, 0.4) is 0 Å². The molecule has 232 valence electrons. The molecular formula is C30H42N2O10. The van der Waals surface area contributed by atoms with Crippen molar-refractivity contribution in [1.29, 1.82) is 0 Å². The van der Waals surface area contributed by atoms with Crippen molar-refractivity contribution in [2.75, 3.05) is 26.3 Å². The fourth-order valence-electron chi connectivity index (χ4n) is 2.74. The first-order valence-corrected chi connectivity index (χ1v) is 13.2. The van der Waals surface area contributed by atoms with Gasteiger partial charge in [0.15, 0.2) is 0 Å². The zero-order valence-electron chi connectivity index (χ0n) is 24.3. The molecule has 12 nitrogen and oxygen atoms in total. The SMILES string of the molecule is CC(C)NCC(O)COc1cccc(C=O)c1.CC(C)NCC(O)COc1cccc(C=O)c1.O=C(O)/C=C/C(=O)O. The third kappa shape index (κ3) is 21.7. The molecule has 12 heteroatoms. The Morgan fingerprint density at radius 1 is 0.714 bits per heavy atom. The third-order valence-electron chi connectivity index (χ3n) is 4.77. The van der Waals surface area contributed by atoms with Crippen LogP contribution in [-0.4, -0.2) is 95.5 Å². The van der Waals surface area contributed by atoms with E-state index in [1.165, 1.54) is 0 Å². The van der Waals surface area contributed by atoms with E-state index in [0.717, 1.165) is 12.6 Å². The minimum Gasteiger partial charge on any atom is -0.491 e. The first-order chi connectivity index (χ1) is 19.9. The van der Waals surface area contributed by atoms with Crippen LogP contribution in [0.5, 0.6) is 11.5 Å². The fourth-order valence-corrected chi connectivity index (χ4v) is 2.74. The van der Waals surface area contributed by atoms with E-state index < -0.39 is 24.1 Å². The van der Waals surface area contributed by atoms with E-state index in [2.05, 4.69) is 10.6 Å². The fraction of sp³-hybridized carbons (Fsp3) is 0.400. The Labute approximate surface area is 246 Å². The molecule has 0 amide bonds. The Morgan fingerprint density at radius 3 is 1.36 bits per heavy atom. The zero-order chi connectivity index (χ0) is 31.9. The first kappa shape index (κ1) is 37.9. The van der Waals surface area contributed by atoms with E-state index in [1.807, 2.05) is 27.7 Å². The topological polar surface area (TPSA) is 192 Å². The number of aliphatic carboxylic acids is 2. The van der Waals surface area contributed by atoms with Gasteiger partial charge >= 0.3 is 11.9 Å². The maximum atomic E-state index is 10.6. The van der Waals surface area contributed by atoms with Gasteiger partial charge in [-0.3, -0.25) is 9.59 Å². The molecule has 42 heavy (non-hydrogen) atoms. The number of carbonyl (C=O) groups is 4. The van der Waals surface area contributed by atoms with Crippen molar-refractivity contribution >= 4 is 24.5 Å². The van der Waals surface area contributed by atoms with Crippen LogP contribution in [0.2, 0.25) is 0 Å². The van der Waals surface area contributed by atoms with E-state index in [0.29, 0.717) is 60.0 Å². The molecule has 0 radical (unpaired) electrons. The molecule has 0 fully saturated rings. The van der Waals surface area contributed by atoms with Crippen molar-refractivity contribution in [3.8, 4) is 11.5 Å². The molecule has 0 heterocycles. The Balaban J connectivity index is 0.000000642. The molecule has 6 N–H and O–H groups in total. The number of carbonyl (C=O) groups excluding carboxylic acids is 2. The highest BCUT2D eigenvalue weighted by atomic mass is 16.5. The highest BCUT2D eigenvalue weighted by Gasteiger charge is 2.07. The number of carboxylic acids is 2. The molecule has 0 aliphatic carbocycles. The highest BCUT2D eigenvalue weighted by Crippen LogP contribution is 2.13. The van der Waals surface area contributed by atoms with Crippen molar-refractivity contribution in [2.24, 2.45) is 0 Å². The minimum atomic E-state index is -1.26. The summed E-state index contributed by atoms with van der Waals surface area (Å²) in [7, 11) is 0. The summed E-state index contributed by atoms with van der Waals surface area (Å²) in [5.74, 6) is -1.32. The van der Waals surface area contributed by atoms with E-state index in [-0.39, 0.29) is 13.2 Å². The molecule has 2 aromatic carbocycles. The molecule has 0 aliphatic rings. The lowest BCUT2D eigenvalue weighted by Gasteiger charge is -2.15. The summed E-state index contributed by atoms with van der Waals surface area (Å²) in [5, 5.41) is 41.1. The number of hydrogen-bond donors (Lipinski definition) is 6. The number of ether oxygens (including phenoxy) is 2. The van der Waals surface area contributed by atoms with Gasteiger partial charge in [0.1, 0.15) is 49.5 Å². The Bertz CT molecular complexity index is 1020. The molecule has 0 bridgehead atoms. The number of benzene rings is 2. The normalized spacial score (nSPS) is 11.9. The smallest absolute Gasteiger partial charge is 0.328 e. The van der Waals surface area contributed by atoms with Crippen molar-refractivity contribution < 1.29 is 49.1 Å².